The predicted molar refractivity (Wildman–Crippen MR) is 160 cm³/mol. The van der Waals surface area contributed by atoms with Gasteiger partial charge in [0.15, 0.2) is 11.5 Å². The molecule has 4 aromatic rings. The Hall–Kier alpha value is -4.15. The molecule has 2 aliphatic rings. The molecule has 0 saturated carbocycles. The smallest absolute Gasteiger partial charge is 0.255 e. The molecule has 10 heteroatoms. The molecule has 0 spiro atoms. The highest BCUT2D eigenvalue weighted by atomic mass is 79.9. The Morgan fingerprint density at radius 3 is 2.46 bits per heavy atom. The average molecular weight is 618 g/mol. The van der Waals surface area contributed by atoms with E-state index in [1.807, 2.05) is 18.2 Å². The topological polar surface area (TPSA) is 102 Å². The van der Waals surface area contributed by atoms with Crippen LogP contribution in [0.2, 0.25) is 0 Å². The summed E-state index contributed by atoms with van der Waals surface area (Å²) in [5.74, 6) is 1.15. The maximum Gasteiger partial charge on any atom is 0.255 e. The molecule has 1 aromatic heterocycles. The van der Waals surface area contributed by atoms with Crippen molar-refractivity contribution in [1.82, 2.24) is 9.88 Å². The third-order valence-corrected chi connectivity index (χ3v) is 7.75. The highest BCUT2D eigenvalue weighted by Crippen LogP contribution is 2.32. The molecular weight excluding hydrogens is 588 g/mol. The van der Waals surface area contributed by atoms with Crippen molar-refractivity contribution < 1.29 is 23.8 Å². The molecule has 6 rings (SSSR count). The maximum atomic E-state index is 13.1. The maximum absolute atomic E-state index is 13.1. The number of fused-ring (bicyclic) bond motifs is 2. The number of likely N-dealkylation sites (tertiary alicyclic amines) is 1. The van der Waals surface area contributed by atoms with Gasteiger partial charge in [0.05, 0.1) is 11.2 Å². The van der Waals surface area contributed by atoms with Crippen LogP contribution >= 0.6 is 15.9 Å². The Morgan fingerprint density at radius 1 is 0.854 bits per heavy atom. The lowest BCUT2D eigenvalue weighted by atomic mass is 10.1. The summed E-state index contributed by atoms with van der Waals surface area (Å²) in [6.07, 6.45) is 2.51. The molecular formula is C31H29BrN4O5. The largest absolute Gasteiger partial charge is 0.486 e. The Bertz CT molecular complexity index is 1610. The number of carbonyl (C=O) groups is 2. The molecule has 0 bridgehead atoms. The SMILES string of the molecule is O=C(Nc1ccc(Br)c(NC(=O)c2ccc3nc(OCCN4CCCC4)ccc3c2)c1)c1ccc2c(c1)OCCO2. The van der Waals surface area contributed by atoms with E-state index in [1.54, 1.807) is 48.5 Å². The van der Waals surface area contributed by atoms with Crippen LogP contribution in [0.3, 0.4) is 0 Å². The van der Waals surface area contributed by atoms with Gasteiger partial charge in [-0.15, -0.1) is 0 Å². The summed E-state index contributed by atoms with van der Waals surface area (Å²) in [5.41, 5.74) is 2.73. The van der Waals surface area contributed by atoms with Crippen LogP contribution in [0.1, 0.15) is 33.6 Å². The number of carbonyl (C=O) groups excluding carboxylic acids is 2. The first-order valence-electron chi connectivity index (χ1n) is 13.6. The number of pyridine rings is 1. The molecule has 0 aliphatic carbocycles. The van der Waals surface area contributed by atoms with Crippen LogP contribution in [0.25, 0.3) is 10.9 Å². The van der Waals surface area contributed by atoms with E-state index in [4.69, 9.17) is 14.2 Å². The summed E-state index contributed by atoms with van der Waals surface area (Å²) in [6.45, 7) is 4.70. The second-order valence-electron chi connectivity index (χ2n) is 9.92. The fourth-order valence-electron chi connectivity index (χ4n) is 4.90. The third kappa shape index (κ3) is 6.44. The van der Waals surface area contributed by atoms with Crippen LogP contribution < -0.4 is 24.8 Å². The molecule has 41 heavy (non-hydrogen) atoms. The molecule has 1 saturated heterocycles. The van der Waals surface area contributed by atoms with Gasteiger partial charge in [-0.05, 0) is 103 Å². The number of nitrogens with one attached hydrogen (secondary N) is 2. The summed E-state index contributed by atoms with van der Waals surface area (Å²) in [5, 5.41) is 6.64. The van der Waals surface area contributed by atoms with E-state index in [0.717, 1.165) is 30.5 Å². The zero-order chi connectivity index (χ0) is 28.2. The van der Waals surface area contributed by atoms with Gasteiger partial charge in [0.25, 0.3) is 11.8 Å². The number of halogens is 1. The minimum absolute atomic E-state index is 0.283. The van der Waals surface area contributed by atoms with E-state index in [2.05, 4.69) is 36.4 Å². The van der Waals surface area contributed by atoms with Gasteiger partial charge >= 0.3 is 0 Å². The van der Waals surface area contributed by atoms with Crippen LogP contribution in [0.4, 0.5) is 11.4 Å². The van der Waals surface area contributed by atoms with Gasteiger partial charge in [0, 0.05) is 39.3 Å². The van der Waals surface area contributed by atoms with Crippen LogP contribution in [-0.2, 0) is 0 Å². The Morgan fingerprint density at radius 2 is 1.61 bits per heavy atom. The first kappa shape index (κ1) is 27.0. The molecule has 2 N–H and O–H groups in total. The average Bonchev–Trinajstić information content (AvgIpc) is 3.52. The molecule has 0 atom stereocenters. The van der Waals surface area contributed by atoms with Gasteiger partial charge < -0.3 is 24.8 Å². The number of nitrogens with zero attached hydrogens (tertiary/aromatic N) is 2. The molecule has 2 amide bonds. The van der Waals surface area contributed by atoms with Crippen LogP contribution in [-0.4, -0.2) is 61.2 Å². The van der Waals surface area contributed by atoms with E-state index in [1.165, 1.54) is 12.8 Å². The molecule has 1 fully saturated rings. The van der Waals surface area contributed by atoms with Gasteiger partial charge in [-0.1, -0.05) is 0 Å². The Balaban J connectivity index is 1.10. The lowest BCUT2D eigenvalue weighted by Gasteiger charge is -2.18. The van der Waals surface area contributed by atoms with Crippen molar-refractivity contribution in [2.45, 2.75) is 12.8 Å². The van der Waals surface area contributed by atoms with E-state index in [-0.39, 0.29) is 11.8 Å². The Labute approximate surface area is 245 Å². The summed E-state index contributed by atoms with van der Waals surface area (Å²) in [6, 6.07) is 19.4. The summed E-state index contributed by atoms with van der Waals surface area (Å²) in [4.78, 5) is 33.0. The van der Waals surface area contributed by atoms with Crippen molar-refractivity contribution in [3.05, 3.63) is 82.3 Å². The first-order valence-corrected chi connectivity index (χ1v) is 14.4. The van der Waals surface area contributed by atoms with Crippen LogP contribution in [0.5, 0.6) is 17.4 Å². The number of ether oxygens (including phenoxy) is 3. The summed E-state index contributed by atoms with van der Waals surface area (Å²) < 4.78 is 17.6. The number of anilines is 2. The van der Waals surface area contributed by atoms with Gasteiger partial charge in [-0.25, -0.2) is 4.98 Å². The van der Waals surface area contributed by atoms with E-state index in [9.17, 15) is 9.59 Å². The van der Waals surface area contributed by atoms with E-state index in [0.29, 0.717) is 64.2 Å². The standard InChI is InChI=1S/C31H29BrN4O5/c32-24-7-6-23(33-30(37)22-4-9-27-28(18-22)40-16-15-39-27)19-26(24)35-31(38)21-3-8-25-20(17-21)5-10-29(34-25)41-14-13-36-11-1-2-12-36/h3-10,17-19H,1-2,11-16H2,(H,33,37)(H,35,38). The summed E-state index contributed by atoms with van der Waals surface area (Å²) >= 11 is 3.49. The number of hydrogen-bond donors (Lipinski definition) is 2. The fourth-order valence-corrected chi connectivity index (χ4v) is 5.24. The highest BCUT2D eigenvalue weighted by molar-refractivity contribution is 9.10. The predicted octanol–water partition coefficient (Wildman–Crippen LogP) is 5.75. The minimum Gasteiger partial charge on any atom is -0.486 e. The molecule has 9 nitrogen and oxygen atoms in total. The zero-order valence-electron chi connectivity index (χ0n) is 22.3. The third-order valence-electron chi connectivity index (χ3n) is 7.06. The van der Waals surface area contributed by atoms with Crippen molar-refractivity contribution >= 4 is 50.0 Å². The normalized spacial score (nSPS) is 14.6. The van der Waals surface area contributed by atoms with E-state index >= 15 is 0 Å². The van der Waals surface area contributed by atoms with Crippen molar-refractivity contribution in [1.29, 1.82) is 0 Å². The second kappa shape index (κ2) is 12.2. The first-order chi connectivity index (χ1) is 20.0. The number of amides is 2. The molecule has 0 radical (unpaired) electrons. The van der Waals surface area contributed by atoms with Gasteiger partial charge in [0.2, 0.25) is 5.88 Å². The van der Waals surface area contributed by atoms with E-state index < -0.39 is 0 Å². The number of hydrogen-bond acceptors (Lipinski definition) is 7. The molecule has 0 unspecified atom stereocenters. The van der Waals surface area contributed by atoms with Crippen molar-refractivity contribution in [2.24, 2.45) is 0 Å². The zero-order valence-corrected chi connectivity index (χ0v) is 23.9. The van der Waals surface area contributed by atoms with Crippen molar-refractivity contribution in [3.8, 4) is 17.4 Å². The number of benzene rings is 3. The molecule has 210 valence electrons. The quantitative estimate of drug-likeness (QED) is 0.260. The van der Waals surface area contributed by atoms with Crippen molar-refractivity contribution in [3.63, 3.8) is 0 Å². The molecule has 3 heterocycles. The van der Waals surface area contributed by atoms with Crippen LogP contribution in [0, 0.1) is 0 Å². The summed E-state index contributed by atoms with van der Waals surface area (Å²) in [7, 11) is 0. The molecule has 2 aliphatic heterocycles. The lowest BCUT2D eigenvalue weighted by Crippen LogP contribution is -2.25. The van der Waals surface area contributed by atoms with Gasteiger partial charge in [-0.2, -0.15) is 0 Å². The number of aromatic nitrogens is 1. The number of rotatable bonds is 8. The van der Waals surface area contributed by atoms with Crippen molar-refractivity contribution in [2.75, 3.05) is 50.1 Å². The second-order valence-corrected chi connectivity index (χ2v) is 10.8. The van der Waals surface area contributed by atoms with Crippen LogP contribution in [0.15, 0.2) is 71.2 Å². The monoisotopic (exact) mass is 616 g/mol. The highest BCUT2D eigenvalue weighted by Gasteiger charge is 2.17. The Kier molecular flexibility index (Phi) is 8.02. The minimum atomic E-state index is -0.303. The molecule has 3 aromatic carbocycles. The van der Waals surface area contributed by atoms with Gasteiger partial charge in [-0.3, -0.25) is 14.5 Å². The fraction of sp³-hybridized carbons (Fsp3) is 0.258. The van der Waals surface area contributed by atoms with Gasteiger partial charge in [0.1, 0.15) is 19.8 Å². The lowest BCUT2D eigenvalue weighted by molar-refractivity contribution is 0.101.